The lowest BCUT2D eigenvalue weighted by atomic mass is 9.58. The number of aromatic nitrogens is 1. The molecule has 0 unspecified atom stereocenters. The molecular formula is C23H26N2OS. The van der Waals surface area contributed by atoms with E-state index in [0.29, 0.717) is 5.78 Å². The summed E-state index contributed by atoms with van der Waals surface area (Å²) in [4.78, 5) is 19.5. The van der Waals surface area contributed by atoms with E-state index in [1.165, 1.54) is 42.5 Å². The minimum Gasteiger partial charge on any atom is -0.342 e. The molecule has 0 bridgehead atoms. The van der Waals surface area contributed by atoms with Crippen LogP contribution in [-0.4, -0.2) is 10.8 Å². The Morgan fingerprint density at radius 1 is 1.11 bits per heavy atom. The Bertz CT molecular complexity index is 907. The standard InChI is InChI=1S/C23H26N2OS/c1-2-23(16-9-5-3-6-10-16)19-17(25-21-20(23)27-15-24-21)13-22(14-18(19)26)11-7-4-8-12-22/h3,5-6,9-10,15,25H,2,4,7-8,11-14H2,1H3/t23-/m1/s1. The Kier molecular flexibility index (Phi) is 4.01. The number of ketones is 1. The quantitative estimate of drug-likeness (QED) is 0.714. The zero-order valence-electron chi connectivity index (χ0n) is 15.9. The lowest BCUT2D eigenvalue weighted by Gasteiger charge is -2.47. The summed E-state index contributed by atoms with van der Waals surface area (Å²) in [5, 5.41) is 3.60. The van der Waals surface area contributed by atoms with Gasteiger partial charge in [0.2, 0.25) is 0 Å². The first-order valence-corrected chi connectivity index (χ1v) is 11.1. The average Bonchev–Trinajstić information content (AvgIpc) is 3.16. The van der Waals surface area contributed by atoms with Gasteiger partial charge in [-0.05, 0) is 36.7 Å². The van der Waals surface area contributed by atoms with E-state index in [0.717, 1.165) is 36.4 Å². The summed E-state index contributed by atoms with van der Waals surface area (Å²) >= 11 is 1.68. The van der Waals surface area contributed by atoms with Crippen molar-refractivity contribution < 1.29 is 4.79 Å². The molecule has 0 amide bonds. The third-order valence-corrected chi connectivity index (χ3v) is 8.02. The normalized spacial score (nSPS) is 26.5. The maximum absolute atomic E-state index is 13.7. The summed E-state index contributed by atoms with van der Waals surface area (Å²) < 4.78 is 0. The highest BCUT2D eigenvalue weighted by Gasteiger charge is 2.52. The van der Waals surface area contributed by atoms with Crippen LogP contribution in [0.1, 0.15) is 68.7 Å². The number of benzene rings is 1. The van der Waals surface area contributed by atoms with Gasteiger partial charge in [-0.1, -0.05) is 56.5 Å². The predicted octanol–water partition coefficient (Wildman–Crippen LogP) is 5.83. The highest BCUT2D eigenvalue weighted by molar-refractivity contribution is 7.10. The Balaban J connectivity index is 1.71. The molecule has 4 heteroatoms. The van der Waals surface area contributed by atoms with E-state index in [9.17, 15) is 4.79 Å². The molecule has 1 aliphatic heterocycles. The summed E-state index contributed by atoms with van der Waals surface area (Å²) in [5.74, 6) is 1.32. The van der Waals surface area contributed by atoms with E-state index in [1.54, 1.807) is 11.3 Å². The number of hydrogen-bond donors (Lipinski definition) is 1. The van der Waals surface area contributed by atoms with Crippen LogP contribution in [0.4, 0.5) is 5.82 Å². The third-order valence-electron chi connectivity index (χ3n) is 7.03. The zero-order chi connectivity index (χ0) is 18.5. The minimum absolute atomic E-state index is 0.171. The summed E-state index contributed by atoms with van der Waals surface area (Å²) in [7, 11) is 0. The van der Waals surface area contributed by atoms with Crippen LogP contribution >= 0.6 is 11.3 Å². The Morgan fingerprint density at radius 2 is 1.89 bits per heavy atom. The van der Waals surface area contributed by atoms with E-state index in [1.807, 2.05) is 5.51 Å². The second kappa shape index (κ2) is 6.30. The molecule has 2 heterocycles. The van der Waals surface area contributed by atoms with Crippen LogP contribution in [-0.2, 0) is 10.2 Å². The van der Waals surface area contributed by atoms with Crippen molar-refractivity contribution in [3.8, 4) is 0 Å². The van der Waals surface area contributed by atoms with Crippen molar-refractivity contribution in [1.29, 1.82) is 0 Å². The number of carbonyl (C=O) groups excluding carboxylic acids is 1. The second-order valence-electron chi connectivity index (χ2n) is 8.47. The first-order valence-electron chi connectivity index (χ1n) is 10.2. The van der Waals surface area contributed by atoms with Crippen molar-refractivity contribution in [2.24, 2.45) is 5.41 Å². The molecule has 2 aromatic rings. The number of nitrogens with one attached hydrogen (secondary N) is 1. The first-order chi connectivity index (χ1) is 13.2. The van der Waals surface area contributed by atoms with Gasteiger partial charge in [0.25, 0.3) is 0 Å². The summed E-state index contributed by atoms with van der Waals surface area (Å²) in [6.07, 6.45) is 8.80. The summed E-state index contributed by atoms with van der Waals surface area (Å²) in [6, 6.07) is 10.6. The van der Waals surface area contributed by atoms with Crippen LogP contribution in [0.3, 0.4) is 0 Å². The van der Waals surface area contributed by atoms with Gasteiger partial charge in [0.1, 0.15) is 5.82 Å². The molecule has 1 saturated carbocycles. The number of nitrogens with zero attached hydrogens (tertiary/aromatic N) is 1. The van der Waals surface area contributed by atoms with Crippen molar-refractivity contribution >= 4 is 22.9 Å². The van der Waals surface area contributed by atoms with Gasteiger partial charge in [0.15, 0.2) is 5.78 Å². The van der Waals surface area contributed by atoms with Gasteiger partial charge in [0, 0.05) is 17.7 Å². The first kappa shape index (κ1) is 17.2. The van der Waals surface area contributed by atoms with E-state index < -0.39 is 0 Å². The molecule has 27 heavy (non-hydrogen) atoms. The molecule has 2 aliphatic carbocycles. The fourth-order valence-corrected chi connectivity index (χ4v) is 6.86. The zero-order valence-corrected chi connectivity index (χ0v) is 16.7. The molecule has 140 valence electrons. The van der Waals surface area contributed by atoms with E-state index in [-0.39, 0.29) is 10.8 Å². The number of Topliss-reactive ketones (excluding diaryl/α,β-unsaturated/α-hetero) is 1. The highest BCUT2D eigenvalue weighted by Crippen LogP contribution is 2.57. The van der Waals surface area contributed by atoms with Gasteiger partial charge in [-0.15, -0.1) is 11.3 Å². The molecule has 0 saturated heterocycles. The number of allylic oxidation sites excluding steroid dienone is 2. The van der Waals surface area contributed by atoms with Crippen LogP contribution in [0.5, 0.6) is 0 Å². The van der Waals surface area contributed by atoms with Crippen molar-refractivity contribution in [1.82, 2.24) is 4.98 Å². The number of hydrogen-bond acceptors (Lipinski definition) is 4. The lowest BCUT2D eigenvalue weighted by molar-refractivity contribution is -0.119. The molecule has 3 nitrogen and oxygen atoms in total. The summed E-state index contributed by atoms with van der Waals surface area (Å²) in [6.45, 7) is 2.21. The fourth-order valence-electron chi connectivity index (χ4n) is 5.81. The van der Waals surface area contributed by atoms with Gasteiger partial charge in [-0.3, -0.25) is 4.79 Å². The van der Waals surface area contributed by atoms with Crippen LogP contribution in [0.2, 0.25) is 0 Å². The Labute approximate surface area is 164 Å². The highest BCUT2D eigenvalue weighted by atomic mass is 32.1. The lowest BCUT2D eigenvalue weighted by Crippen LogP contribution is -2.44. The SMILES string of the molecule is CC[C@@]1(c2ccccc2)C2=C(CC3(CCCCC3)CC2=O)Nc2ncsc21. The predicted molar refractivity (Wildman–Crippen MR) is 110 cm³/mol. The molecule has 1 aromatic heterocycles. The van der Waals surface area contributed by atoms with E-state index >= 15 is 0 Å². The molecule has 3 aliphatic rings. The smallest absolute Gasteiger partial charge is 0.162 e. The number of carbonyl (C=O) groups is 1. The fraction of sp³-hybridized carbons (Fsp3) is 0.478. The van der Waals surface area contributed by atoms with Gasteiger partial charge in [-0.25, -0.2) is 4.98 Å². The minimum atomic E-state index is -0.355. The van der Waals surface area contributed by atoms with Gasteiger partial charge in [0.05, 0.1) is 15.8 Å². The second-order valence-corrected chi connectivity index (χ2v) is 9.33. The number of rotatable bonds is 2. The third kappa shape index (κ3) is 2.46. The molecule has 1 atom stereocenters. The maximum atomic E-state index is 13.7. The van der Waals surface area contributed by atoms with Crippen molar-refractivity contribution in [2.45, 2.75) is 63.7 Å². The molecule has 0 radical (unpaired) electrons. The topological polar surface area (TPSA) is 42.0 Å². The average molecular weight is 379 g/mol. The molecular weight excluding hydrogens is 352 g/mol. The molecule has 1 aromatic carbocycles. The summed E-state index contributed by atoms with van der Waals surface area (Å²) in [5.41, 5.74) is 5.13. The van der Waals surface area contributed by atoms with Gasteiger partial charge in [-0.2, -0.15) is 0 Å². The molecule has 5 rings (SSSR count). The van der Waals surface area contributed by atoms with Crippen molar-refractivity contribution in [2.75, 3.05) is 5.32 Å². The van der Waals surface area contributed by atoms with E-state index in [4.69, 9.17) is 0 Å². The van der Waals surface area contributed by atoms with Gasteiger partial charge >= 0.3 is 0 Å². The monoisotopic (exact) mass is 378 g/mol. The molecule has 1 fully saturated rings. The Hall–Kier alpha value is -1.94. The Morgan fingerprint density at radius 3 is 2.63 bits per heavy atom. The van der Waals surface area contributed by atoms with Crippen LogP contribution in [0.25, 0.3) is 0 Å². The van der Waals surface area contributed by atoms with E-state index in [2.05, 4.69) is 47.6 Å². The number of fused-ring (bicyclic) bond motifs is 1. The largest absolute Gasteiger partial charge is 0.342 e. The van der Waals surface area contributed by atoms with Crippen LogP contribution in [0, 0.1) is 5.41 Å². The molecule has 1 N–H and O–H groups in total. The maximum Gasteiger partial charge on any atom is 0.162 e. The van der Waals surface area contributed by atoms with Crippen LogP contribution < -0.4 is 5.32 Å². The van der Waals surface area contributed by atoms with Crippen LogP contribution in [0.15, 0.2) is 47.1 Å². The molecule has 1 spiro atoms. The van der Waals surface area contributed by atoms with Crippen molar-refractivity contribution in [3.63, 3.8) is 0 Å². The van der Waals surface area contributed by atoms with Gasteiger partial charge < -0.3 is 5.32 Å². The van der Waals surface area contributed by atoms with Crippen molar-refractivity contribution in [3.05, 3.63) is 57.6 Å². The number of thiazole rings is 1. The number of anilines is 1.